The van der Waals surface area contributed by atoms with Crippen LogP contribution < -0.4 is 15.4 Å². The van der Waals surface area contributed by atoms with E-state index in [1.54, 1.807) is 7.11 Å². The maximum atomic E-state index is 11.9. The molecule has 0 atom stereocenters. The third-order valence-electron chi connectivity index (χ3n) is 3.48. The van der Waals surface area contributed by atoms with E-state index in [-0.39, 0.29) is 18.3 Å². The van der Waals surface area contributed by atoms with E-state index in [1.807, 2.05) is 24.3 Å². The Morgan fingerprint density at radius 3 is 2.90 bits per heavy atom. The number of para-hydroxylation sites is 1. The number of benzene rings is 1. The second-order valence-corrected chi connectivity index (χ2v) is 4.91. The van der Waals surface area contributed by atoms with Crippen LogP contribution in [0.2, 0.25) is 0 Å². The number of ether oxygens (including phenoxy) is 1. The molecule has 0 bridgehead atoms. The molecule has 1 aromatic rings. The van der Waals surface area contributed by atoms with Gasteiger partial charge in [-0.05, 0) is 31.0 Å². The number of methoxy groups -OCH3 is 1. The van der Waals surface area contributed by atoms with Gasteiger partial charge in [-0.1, -0.05) is 29.8 Å². The fraction of sp³-hybridized carbons (Fsp3) is 0.438. The van der Waals surface area contributed by atoms with E-state index in [4.69, 9.17) is 4.74 Å². The largest absolute Gasteiger partial charge is 0.496 e. The van der Waals surface area contributed by atoms with Crippen molar-refractivity contribution in [2.75, 3.05) is 26.7 Å². The summed E-state index contributed by atoms with van der Waals surface area (Å²) in [4.78, 5) is 11.9. The average Bonchev–Trinajstić information content (AvgIpc) is 2.52. The summed E-state index contributed by atoms with van der Waals surface area (Å²) in [5.41, 5.74) is 2.39. The van der Waals surface area contributed by atoms with E-state index in [2.05, 4.69) is 16.7 Å². The van der Waals surface area contributed by atoms with Gasteiger partial charge in [0.1, 0.15) is 5.75 Å². The van der Waals surface area contributed by atoms with Crippen molar-refractivity contribution in [1.82, 2.24) is 10.6 Å². The van der Waals surface area contributed by atoms with Crippen molar-refractivity contribution < 1.29 is 9.53 Å². The van der Waals surface area contributed by atoms with Gasteiger partial charge < -0.3 is 15.4 Å². The molecular formula is C16H23ClN2O2. The molecule has 0 aromatic heterocycles. The van der Waals surface area contributed by atoms with Crippen molar-refractivity contribution >= 4 is 18.3 Å². The molecule has 4 nitrogen and oxygen atoms in total. The van der Waals surface area contributed by atoms with E-state index in [1.165, 1.54) is 5.57 Å². The molecule has 0 radical (unpaired) electrons. The fourth-order valence-electron chi connectivity index (χ4n) is 2.29. The summed E-state index contributed by atoms with van der Waals surface area (Å²) in [6.07, 6.45) is 4.37. The van der Waals surface area contributed by atoms with Crippen LogP contribution in [0.5, 0.6) is 5.75 Å². The molecule has 0 saturated heterocycles. The van der Waals surface area contributed by atoms with E-state index < -0.39 is 0 Å². The Kier molecular flexibility index (Phi) is 7.87. The first-order valence-corrected chi connectivity index (χ1v) is 7.07. The van der Waals surface area contributed by atoms with Gasteiger partial charge in [0.2, 0.25) is 5.91 Å². The number of nitrogens with one attached hydrogen (secondary N) is 2. The normalized spacial score (nSPS) is 13.9. The van der Waals surface area contributed by atoms with Crippen molar-refractivity contribution in [3.63, 3.8) is 0 Å². The first-order chi connectivity index (χ1) is 9.79. The zero-order valence-corrected chi connectivity index (χ0v) is 13.2. The minimum atomic E-state index is 0. The van der Waals surface area contributed by atoms with Crippen LogP contribution in [0, 0.1) is 0 Å². The molecule has 1 aromatic carbocycles. The van der Waals surface area contributed by atoms with Crippen LogP contribution in [0.25, 0.3) is 0 Å². The number of aryl methyl sites for hydroxylation is 1. The van der Waals surface area contributed by atoms with Gasteiger partial charge in [0.25, 0.3) is 0 Å². The second-order valence-electron chi connectivity index (χ2n) is 4.91. The smallest absolute Gasteiger partial charge is 0.220 e. The Bertz CT molecular complexity index is 489. The summed E-state index contributed by atoms with van der Waals surface area (Å²) >= 11 is 0. The third-order valence-corrected chi connectivity index (χ3v) is 3.48. The van der Waals surface area contributed by atoms with Gasteiger partial charge in [0.15, 0.2) is 0 Å². The second kappa shape index (κ2) is 9.42. The maximum absolute atomic E-state index is 11.9. The Morgan fingerprint density at radius 2 is 2.19 bits per heavy atom. The highest BCUT2D eigenvalue weighted by Gasteiger charge is 2.08. The van der Waals surface area contributed by atoms with Gasteiger partial charge in [0, 0.05) is 19.5 Å². The first kappa shape index (κ1) is 17.5. The molecule has 0 saturated carbocycles. The van der Waals surface area contributed by atoms with Crippen LogP contribution >= 0.6 is 12.4 Å². The van der Waals surface area contributed by atoms with E-state index >= 15 is 0 Å². The number of carbonyl (C=O) groups excluding carboxylic acids is 1. The molecule has 1 aliphatic heterocycles. The molecule has 116 valence electrons. The summed E-state index contributed by atoms with van der Waals surface area (Å²) < 4.78 is 5.28. The zero-order valence-electron chi connectivity index (χ0n) is 12.4. The van der Waals surface area contributed by atoms with Crippen LogP contribution in [0.15, 0.2) is 35.9 Å². The van der Waals surface area contributed by atoms with Gasteiger partial charge in [0.05, 0.1) is 7.11 Å². The van der Waals surface area contributed by atoms with Crippen LogP contribution in [0.3, 0.4) is 0 Å². The standard InChI is InChI=1S/C16H22N2O2.ClH/c1-20-15-5-3-2-4-14(15)6-7-16(19)18-12-13-8-10-17-11-9-13;/h2-5,8,17H,6-7,9-12H2,1H3,(H,18,19);1H. The molecule has 2 rings (SSSR count). The molecule has 0 spiro atoms. The van der Waals surface area contributed by atoms with Gasteiger partial charge in [-0.2, -0.15) is 0 Å². The number of amides is 1. The van der Waals surface area contributed by atoms with Crippen molar-refractivity contribution in [2.45, 2.75) is 19.3 Å². The Labute approximate surface area is 132 Å². The molecule has 0 fully saturated rings. The van der Waals surface area contributed by atoms with E-state index in [0.717, 1.165) is 30.8 Å². The van der Waals surface area contributed by atoms with Crippen molar-refractivity contribution in [1.29, 1.82) is 0 Å². The Hall–Kier alpha value is -1.52. The topological polar surface area (TPSA) is 50.4 Å². The van der Waals surface area contributed by atoms with Gasteiger partial charge in [-0.3, -0.25) is 4.79 Å². The van der Waals surface area contributed by atoms with Crippen LogP contribution in [0.4, 0.5) is 0 Å². The lowest BCUT2D eigenvalue weighted by molar-refractivity contribution is -0.120. The number of rotatable bonds is 6. The molecule has 5 heteroatoms. The molecule has 1 amide bonds. The minimum absolute atomic E-state index is 0. The summed E-state index contributed by atoms with van der Waals surface area (Å²) in [6.45, 7) is 2.59. The lowest BCUT2D eigenvalue weighted by atomic mass is 10.1. The van der Waals surface area contributed by atoms with E-state index in [0.29, 0.717) is 19.4 Å². The van der Waals surface area contributed by atoms with Gasteiger partial charge >= 0.3 is 0 Å². The summed E-state index contributed by atoms with van der Waals surface area (Å²) in [5.74, 6) is 0.941. The van der Waals surface area contributed by atoms with Crippen LogP contribution in [-0.2, 0) is 11.2 Å². The highest BCUT2D eigenvalue weighted by molar-refractivity contribution is 5.85. The third kappa shape index (κ3) is 5.78. The van der Waals surface area contributed by atoms with Gasteiger partial charge in [-0.25, -0.2) is 0 Å². The molecule has 0 unspecified atom stereocenters. The van der Waals surface area contributed by atoms with Crippen molar-refractivity contribution in [3.05, 3.63) is 41.5 Å². The number of hydrogen-bond acceptors (Lipinski definition) is 3. The number of carbonyl (C=O) groups is 1. The summed E-state index contributed by atoms with van der Waals surface area (Å²) in [5, 5.41) is 6.24. The number of hydrogen-bond donors (Lipinski definition) is 2. The molecule has 1 heterocycles. The number of halogens is 1. The molecule has 1 aliphatic rings. The van der Waals surface area contributed by atoms with Crippen molar-refractivity contribution in [3.8, 4) is 5.75 Å². The van der Waals surface area contributed by atoms with Crippen molar-refractivity contribution in [2.24, 2.45) is 0 Å². The average molecular weight is 311 g/mol. The minimum Gasteiger partial charge on any atom is -0.496 e. The predicted molar refractivity (Wildman–Crippen MR) is 87.1 cm³/mol. The SMILES string of the molecule is COc1ccccc1CCC(=O)NCC1=CCNCC1.Cl. The lowest BCUT2D eigenvalue weighted by Gasteiger charge is -2.14. The molecular weight excluding hydrogens is 288 g/mol. The summed E-state index contributed by atoms with van der Waals surface area (Å²) in [7, 11) is 1.66. The fourth-order valence-corrected chi connectivity index (χ4v) is 2.29. The quantitative estimate of drug-likeness (QED) is 0.791. The highest BCUT2D eigenvalue weighted by atomic mass is 35.5. The van der Waals surface area contributed by atoms with Crippen LogP contribution in [0.1, 0.15) is 18.4 Å². The Balaban J connectivity index is 0.00000220. The molecule has 21 heavy (non-hydrogen) atoms. The van der Waals surface area contributed by atoms with Crippen LogP contribution in [-0.4, -0.2) is 32.7 Å². The maximum Gasteiger partial charge on any atom is 0.220 e. The molecule has 2 N–H and O–H groups in total. The summed E-state index contributed by atoms with van der Waals surface area (Å²) in [6, 6.07) is 7.83. The highest BCUT2D eigenvalue weighted by Crippen LogP contribution is 2.18. The Morgan fingerprint density at radius 1 is 1.38 bits per heavy atom. The predicted octanol–water partition coefficient (Wildman–Crippen LogP) is 2.09. The zero-order chi connectivity index (χ0) is 14.2. The van der Waals surface area contributed by atoms with E-state index in [9.17, 15) is 4.79 Å². The first-order valence-electron chi connectivity index (χ1n) is 7.07. The molecule has 0 aliphatic carbocycles. The lowest BCUT2D eigenvalue weighted by Crippen LogP contribution is -2.29. The van der Waals surface area contributed by atoms with Gasteiger partial charge in [-0.15, -0.1) is 12.4 Å². The monoisotopic (exact) mass is 310 g/mol.